The van der Waals surface area contributed by atoms with Gasteiger partial charge in [-0.05, 0) is 89.3 Å². The van der Waals surface area contributed by atoms with Crippen LogP contribution in [-0.4, -0.2) is 19.8 Å². The van der Waals surface area contributed by atoms with Gasteiger partial charge in [-0.1, -0.05) is 35.9 Å². The van der Waals surface area contributed by atoms with Crippen LogP contribution in [0.1, 0.15) is 22.3 Å². The summed E-state index contributed by atoms with van der Waals surface area (Å²) in [6, 6.07) is 17.7. The molecular formula is C24H23ClN4O2. The van der Waals surface area contributed by atoms with Crippen molar-refractivity contribution in [3.05, 3.63) is 92.4 Å². The van der Waals surface area contributed by atoms with Crippen LogP contribution >= 0.6 is 11.6 Å². The molecule has 31 heavy (non-hydrogen) atoms. The van der Waals surface area contributed by atoms with E-state index in [-0.39, 0.29) is 5.69 Å². The Labute approximate surface area is 185 Å². The molecule has 4 rings (SSSR count). The molecule has 0 saturated heterocycles. The summed E-state index contributed by atoms with van der Waals surface area (Å²) in [6.07, 6.45) is 0. The molecule has 6 nitrogen and oxygen atoms in total. The SMILES string of the molecule is Cc1cc(-c2cccc(Cl)c2)c(C)cc1OCc1c(C)cccc1-n1nnn(C)c1=O. The van der Waals surface area contributed by atoms with Crippen molar-refractivity contribution in [2.45, 2.75) is 27.4 Å². The molecule has 0 radical (unpaired) electrons. The number of hydrogen-bond donors (Lipinski definition) is 0. The van der Waals surface area contributed by atoms with Gasteiger partial charge in [-0.25, -0.2) is 4.79 Å². The molecule has 0 bridgehead atoms. The van der Waals surface area contributed by atoms with Crippen molar-refractivity contribution in [3.63, 3.8) is 0 Å². The van der Waals surface area contributed by atoms with E-state index in [4.69, 9.17) is 16.3 Å². The van der Waals surface area contributed by atoms with Gasteiger partial charge in [0.05, 0.1) is 5.69 Å². The van der Waals surface area contributed by atoms with E-state index in [0.29, 0.717) is 17.3 Å². The van der Waals surface area contributed by atoms with Crippen LogP contribution in [0.2, 0.25) is 5.02 Å². The molecule has 0 aliphatic carbocycles. The van der Waals surface area contributed by atoms with Crippen molar-refractivity contribution in [3.8, 4) is 22.6 Å². The van der Waals surface area contributed by atoms with Gasteiger partial charge >= 0.3 is 5.69 Å². The Bertz CT molecular complexity index is 1320. The van der Waals surface area contributed by atoms with Crippen molar-refractivity contribution >= 4 is 11.6 Å². The minimum absolute atomic E-state index is 0.301. The van der Waals surface area contributed by atoms with Crippen LogP contribution in [0.5, 0.6) is 5.75 Å². The molecule has 4 aromatic rings. The van der Waals surface area contributed by atoms with Crippen molar-refractivity contribution in [2.24, 2.45) is 7.05 Å². The van der Waals surface area contributed by atoms with Gasteiger partial charge in [0.25, 0.3) is 0 Å². The number of halogens is 1. The Morgan fingerprint density at radius 2 is 1.71 bits per heavy atom. The van der Waals surface area contributed by atoms with Crippen molar-refractivity contribution in [1.29, 1.82) is 0 Å². The highest BCUT2D eigenvalue weighted by atomic mass is 35.5. The molecule has 0 aliphatic heterocycles. The third-order valence-electron chi connectivity index (χ3n) is 5.36. The monoisotopic (exact) mass is 434 g/mol. The number of tetrazole rings is 1. The fraction of sp³-hybridized carbons (Fsp3) is 0.208. The van der Waals surface area contributed by atoms with Crippen LogP contribution in [0.4, 0.5) is 0 Å². The summed E-state index contributed by atoms with van der Waals surface area (Å²) in [5, 5.41) is 8.51. The molecule has 0 spiro atoms. The van der Waals surface area contributed by atoms with Crippen molar-refractivity contribution in [1.82, 2.24) is 19.8 Å². The predicted molar refractivity (Wildman–Crippen MR) is 122 cm³/mol. The maximum absolute atomic E-state index is 12.4. The summed E-state index contributed by atoms with van der Waals surface area (Å²) >= 11 is 6.17. The smallest absolute Gasteiger partial charge is 0.368 e. The van der Waals surface area contributed by atoms with Crippen LogP contribution in [0.25, 0.3) is 16.8 Å². The summed E-state index contributed by atoms with van der Waals surface area (Å²) < 4.78 is 8.71. The summed E-state index contributed by atoms with van der Waals surface area (Å²) in [7, 11) is 1.57. The van der Waals surface area contributed by atoms with E-state index in [1.807, 2.05) is 62.4 Å². The first-order valence-electron chi connectivity index (χ1n) is 9.93. The lowest BCUT2D eigenvalue weighted by atomic mass is 9.98. The van der Waals surface area contributed by atoms with Gasteiger partial charge in [0.15, 0.2) is 0 Å². The quantitative estimate of drug-likeness (QED) is 0.453. The lowest BCUT2D eigenvalue weighted by molar-refractivity contribution is 0.302. The summed E-state index contributed by atoms with van der Waals surface area (Å²) in [4.78, 5) is 12.4. The third-order valence-corrected chi connectivity index (χ3v) is 5.60. The van der Waals surface area contributed by atoms with Crippen LogP contribution in [0, 0.1) is 20.8 Å². The highest BCUT2D eigenvalue weighted by Crippen LogP contribution is 2.32. The summed E-state index contributed by atoms with van der Waals surface area (Å²) in [6.45, 7) is 6.38. The predicted octanol–water partition coefficient (Wildman–Crippen LogP) is 4.79. The van der Waals surface area contributed by atoms with Crippen LogP contribution in [0.15, 0.2) is 59.4 Å². The zero-order valence-electron chi connectivity index (χ0n) is 17.9. The number of hydrogen-bond acceptors (Lipinski definition) is 4. The summed E-state index contributed by atoms with van der Waals surface area (Å²) in [5.41, 5.74) is 6.58. The Morgan fingerprint density at radius 1 is 0.935 bits per heavy atom. The lowest BCUT2D eigenvalue weighted by Crippen LogP contribution is -2.23. The highest BCUT2D eigenvalue weighted by molar-refractivity contribution is 6.30. The van der Waals surface area contributed by atoms with Crippen molar-refractivity contribution in [2.75, 3.05) is 0 Å². The second-order valence-electron chi connectivity index (χ2n) is 7.60. The van der Waals surface area contributed by atoms with Crippen molar-refractivity contribution < 1.29 is 4.74 Å². The van der Waals surface area contributed by atoms with E-state index < -0.39 is 0 Å². The minimum Gasteiger partial charge on any atom is -0.489 e. The number of aromatic nitrogens is 4. The van der Waals surface area contributed by atoms with E-state index in [2.05, 4.69) is 23.4 Å². The second-order valence-corrected chi connectivity index (χ2v) is 8.04. The number of benzene rings is 3. The third kappa shape index (κ3) is 4.11. The fourth-order valence-electron chi connectivity index (χ4n) is 3.60. The molecule has 0 unspecified atom stereocenters. The zero-order chi connectivity index (χ0) is 22.1. The Balaban J connectivity index is 1.66. The number of nitrogens with zero attached hydrogens (tertiary/aromatic N) is 4. The normalized spacial score (nSPS) is 11.0. The summed E-state index contributed by atoms with van der Waals surface area (Å²) in [5.74, 6) is 0.795. The molecule has 0 aliphatic rings. The molecule has 158 valence electrons. The molecular weight excluding hydrogens is 412 g/mol. The molecule has 0 amide bonds. The van der Waals surface area contributed by atoms with E-state index in [0.717, 1.165) is 39.1 Å². The Morgan fingerprint density at radius 3 is 2.42 bits per heavy atom. The first-order chi connectivity index (χ1) is 14.8. The standard InChI is InChI=1S/C24H23ClN4O2/c1-15-7-5-10-22(29-24(30)28(4)26-27-29)21(15)14-31-23-12-16(2)20(11-17(23)3)18-8-6-9-19(25)13-18/h5-13H,14H2,1-4H3. The topological polar surface area (TPSA) is 61.9 Å². The molecule has 0 saturated carbocycles. The first-order valence-corrected chi connectivity index (χ1v) is 10.3. The molecule has 0 N–H and O–H groups in total. The van der Waals surface area contributed by atoms with Gasteiger partial charge in [-0.2, -0.15) is 9.36 Å². The molecule has 1 aromatic heterocycles. The minimum atomic E-state index is -0.301. The second kappa shape index (κ2) is 8.40. The zero-order valence-corrected chi connectivity index (χ0v) is 18.6. The van der Waals surface area contributed by atoms with E-state index >= 15 is 0 Å². The maximum atomic E-state index is 12.4. The molecule has 0 fully saturated rings. The molecule has 7 heteroatoms. The van der Waals surface area contributed by atoms with Gasteiger partial charge < -0.3 is 4.74 Å². The Hall–Kier alpha value is -3.38. The largest absolute Gasteiger partial charge is 0.489 e. The molecule has 3 aromatic carbocycles. The van der Waals surface area contributed by atoms with Crippen LogP contribution < -0.4 is 10.4 Å². The van der Waals surface area contributed by atoms with E-state index in [9.17, 15) is 4.79 Å². The van der Waals surface area contributed by atoms with Gasteiger partial charge in [0, 0.05) is 17.6 Å². The maximum Gasteiger partial charge on any atom is 0.368 e. The average Bonchev–Trinajstić information content (AvgIpc) is 3.07. The van der Waals surface area contributed by atoms with Crippen LogP contribution in [0.3, 0.4) is 0 Å². The molecule has 1 heterocycles. The number of rotatable bonds is 5. The van der Waals surface area contributed by atoms with Gasteiger partial charge in [-0.3, -0.25) is 0 Å². The van der Waals surface area contributed by atoms with Gasteiger partial charge in [-0.15, -0.1) is 0 Å². The average molecular weight is 435 g/mol. The lowest BCUT2D eigenvalue weighted by Gasteiger charge is -2.16. The van der Waals surface area contributed by atoms with Crippen LogP contribution in [-0.2, 0) is 13.7 Å². The number of ether oxygens (including phenoxy) is 1. The highest BCUT2D eigenvalue weighted by Gasteiger charge is 2.15. The van der Waals surface area contributed by atoms with E-state index in [1.54, 1.807) is 7.05 Å². The van der Waals surface area contributed by atoms with Gasteiger partial charge in [0.2, 0.25) is 0 Å². The number of aryl methyl sites for hydroxylation is 4. The fourth-order valence-corrected chi connectivity index (χ4v) is 3.79. The molecule has 0 atom stereocenters. The first kappa shape index (κ1) is 20.9. The van der Waals surface area contributed by atoms with E-state index in [1.165, 1.54) is 9.36 Å². The van der Waals surface area contributed by atoms with Gasteiger partial charge in [0.1, 0.15) is 12.4 Å². The Kier molecular flexibility index (Phi) is 5.65.